The summed E-state index contributed by atoms with van der Waals surface area (Å²) in [5.74, 6) is 0.804. The zero-order chi connectivity index (χ0) is 26.4. The zero-order valence-corrected chi connectivity index (χ0v) is 21.2. The van der Waals surface area contributed by atoms with Gasteiger partial charge >= 0.3 is 0 Å². The first kappa shape index (κ1) is 26.1. The van der Waals surface area contributed by atoms with Gasteiger partial charge in [0.15, 0.2) is 11.5 Å². The minimum absolute atomic E-state index is 0.0258. The Bertz CT molecular complexity index is 1380. The van der Waals surface area contributed by atoms with Gasteiger partial charge in [-0.3, -0.25) is 24.6 Å². The summed E-state index contributed by atoms with van der Waals surface area (Å²) in [6, 6.07) is 18.3. The van der Waals surface area contributed by atoms with Gasteiger partial charge in [0.05, 0.1) is 34.1 Å². The quantitative estimate of drug-likeness (QED) is 0.176. The van der Waals surface area contributed by atoms with Gasteiger partial charge in [-0.2, -0.15) is 0 Å². The molecule has 1 saturated heterocycles. The molecule has 0 aromatic heterocycles. The molecular formula is C26H21ClN2O7S. The number of amides is 2. The monoisotopic (exact) mass is 540 g/mol. The van der Waals surface area contributed by atoms with Crippen LogP contribution in [-0.4, -0.2) is 41.2 Å². The summed E-state index contributed by atoms with van der Waals surface area (Å²) >= 11 is 6.90. The molecule has 0 saturated carbocycles. The summed E-state index contributed by atoms with van der Waals surface area (Å²) in [5.41, 5.74) is 1.00. The largest absolute Gasteiger partial charge is 0.493 e. The van der Waals surface area contributed by atoms with Crippen LogP contribution in [0.3, 0.4) is 0 Å². The molecule has 190 valence electrons. The Labute approximate surface area is 221 Å². The second-order valence-corrected chi connectivity index (χ2v) is 9.10. The maximum Gasteiger partial charge on any atom is 0.293 e. The van der Waals surface area contributed by atoms with E-state index in [4.69, 9.17) is 25.8 Å². The fourth-order valence-electron chi connectivity index (χ4n) is 3.51. The summed E-state index contributed by atoms with van der Waals surface area (Å²) in [4.78, 5) is 37.4. The van der Waals surface area contributed by atoms with Crippen molar-refractivity contribution in [2.45, 2.75) is 6.61 Å². The molecule has 4 rings (SSSR count). The van der Waals surface area contributed by atoms with E-state index < -0.39 is 16.1 Å². The number of nitrogens with zero attached hydrogens (tertiary/aromatic N) is 2. The SMILES string of the molecule is COc1cc(/C=C2\SC(=O)N(CCOc3ccccc3Cl)C2=O)ccc1OCc1ccccc1[N+](=O)[O-]. The van der Waals surface area contributed by atoms with Crippen molar-refractivity contribution >= 4 is 46.3 Å². The molecule has 11 heteroatoms. The molecule has 0 atom stereocenters. The number of carbonyl (C=O) groups excluding carboxylic acids is 2. The Kier molecular flexibility index (Phi) is 8.32. The van der Waals surface area contributed by atoms with Gasteiger partial charge in [0.25, 0.3) is 16.8 Å². The van der Waals surface area contributed by atoms with Gasteiger partial charge in [-0.15, -0.1) is 0 Å². The molecule has 37 heavy (non-hydrogen) atoms. The van der Waals surface area contributed by atoms with Crippen molar-refractivity contribution in [3.63, 3.8) is 0 Å². The summed E-state index contributed by atoms with van der Waals surface area (Å²) in [6.07, 6.45) is 1.59. The Hall–Kier alpha value is -4.02. The average Bonchev–Trinajstić information content (AvgIpc) is 3.16. The highest BCUT2D eigenvalue weighted by Crippen LogP contribution is 2.35. The van der Waals surface area contributed by atoms with Crippen LogP contribution in [0.1, 0.15) is 11.1 Å². The lowest BCUT2D eigenvalue weighted by molar-refractivity contribution is -0.385. The Morgan fingerprint density at radius 1 is 1.00 bits per heavy atom. The lowest BCUT2D eigenvalue weighted by Crippen LogP contribution is -2.32. The fourth-order valence-corrected chi connectivity index (χ4v) is 4.57. The van der Waals surface area contributed by atoms with E-state index in [0.717, 1.165) is 16.7 Å². The maximum atomic E-state index is 12.8. The topological polar surface area (TPSA) is 108 Å². The van der Waals surface area contributed by atoms with Gasteiger partial charge in [0.1, 0.15) is 19.0 Å². The van der Waals surface area contributed by atoms with Gasteiger partial charge in [-0.1, -0.05) is 41.9 Å². The van der Waals surface area contributed by atoms with Crippen molar-refractivity contribution in [2.24, 2.45) is 0 Å². The molecule has 1 heterocycles. The molecule has 1 fully saturated rings. The van der Waals surface area contributed by atoms with Crippen molar-refractivity contribution in [1.29, 1.82) is 0 Å². The molecule has 0 aliphatic carbocycles. The maximum absolute atomic E-state index is 12.8. The van der Waals surface area contributed by atoms with E-state index in [1.165, 1.54) is 13.2 Å². The van der Waals surface area contributed by atoms with E-state index in [0.29, 0.717) is 33.4 Å². The van der Waals surface area contributed by atoms with Crippen LogP contribution >= 0.6 is 23.4 Å². The first-order valence-corrected chi connectivity index (χ1v) is 12.2. The van der Waals surface area contributed by atoms with E-state index in [9.17, 15) is 19.7 Å². The molecule has 0 unspecified atom stereocenters. The van der Waals surface area contributed by atoms with E-state index in [-0.39, 0.29) is 30.4 Å². The van der Waals surface area contributed by atoms with Crippen LogP contribution < -0.4 is 14.2 Å². The number of methoxy groups -OCH3 is 1. The van der Waals surface area contributed by atoms with Crippen LogP contribution in [0, 0.1) is 10.1 Å². The van der Waals surface area contributed by atoms with Crippen molar-refractivity contribution in [1.82, 2.24) is 4.90 Å². The third-order valence-electron chi connectivity index (χ3n) is 5.34. The summed E-state index contributed by atoms with van der Waals surface area (Å²) in [5, 5.41) is 11.3. The number of hydrogen-bond acceptors (Lipinski definition) is 8. The number of hydrogen-bond donors (Lipinski definition) is 0. The Morgan fingerprint density at radius 2 is 1.76 bits per heavy atom. The number of thioether (sulfide) groups is 1. The summed E-state index contributed by atoms with van der Waals surface area (Å²) < 4.78 is 16.8. The van der Waals surface area contributed by atoms with Crippen LogP contribution in [0.2, 0.25) is 5.02 Å². The smallest absolute Gasteiger partial charge is 0.293 e. The second kappa shape index (κ2) is 11.8. The molecular weight excluding hydrogens is 520 g/mol. The molecule has 9 nitrogen and oxygen atoms in total. The second-order valence-electron chi connectivity index (χ2n) is 7.70. The summed E-state index contributed by atoms with van der Waals surface area (Å²) in [7, 11) is 1.46. The van der Waals surface area contributed by atoms with Gasteiger partial charge in [0, 0.05) is 6.07 Å². The van der Waals surface area contributed by atoms with E-state index >= 15 is 0 Å². The van der Waals surface area contributed by atoms with Crippen LogP contribution in [0.25, 0.3) is 6.08 Å². The van der Waals surface area contributed by atoms with Crippen LogP contribution in [-0.2, 0) is 11.4 Å². The van der Waals surface area contributed by atoms with Crippen LogP contribution in [0.15, 0.2) is 71.6 Å². The molecule has 0 N–H and O–H groups in total. The first-order valence-electron chi connectivity index (χ1n) is 11.0. The number of rotatable bonds is 10. The number of nitro benzene ring substituents is 1. The molecule has 1 aliphatic heterocycles. The third kappa shape index (κ3) is 6.22. The van der Waals surface area contributed by atoms with Gasteiger partial charge in [-0.25, -0.2) is 0 Å². The molecule has 3 aromatic rings. The molecule has 1 aliphatic rings. The predicted octanol–water partition coefficient (Wildman–Crippen LogP) is 5.95. The van der Waals surface area contributed by atoms with E-state index in [1.807, 2.05) is 0 Å². The normalized spacial score (nSPS) is 14.2. The van der Waals surface area contributed by atoms with Crippen molar-refractivity contribution in [2.75, 3.05) is 20.3 Å². The lowest BCUT2D eigenvalue weighted by Gasteiger charge is -2.14. The fraction of sp³-hybridized carbons (Fsp3) is 0.154. The highest BCUT2D eigenvalue weighted by molar-refractivity contribution is 8.18. The van der Waals surface area contributed by atoms with Crippen LogP contribution in [0.4, 0.5) is 10.5 Å². The number of nitro groups is 1. The van der Waals surface area contributed by atoms with Crippen molar-refractivity contribution in [3.8, 4) is 17.2 Å². The Balaban J connectivity index is 1.42. The van der Waals surface area contributed by atoms with E-state index in [1.54, 1.807) is 66.7 Å². The lowest BCUT2D eigenvalue weighted by atomic mass is 10.1. The first-order chi connectivity index (χ1) is 17.9. The average molecular weight is 541 g/mol. The highest BCUT2D eigenvalue weighted by Gasteiger charge is 2.34. The number of ether oxygens (including phenoxy) is 3. The highest BCUT2D eigenvalue weighted by atomic mass is 35.5. The predicted molar refractivity (Wildman–Crippen MR) is 140 cm³/mol. The minimum Gasteiger partial charge on any atom is -0.493 e. The standard InChI is InChI=1S/C26H21ClN2O7S/c1-34-23-14-17(10-11-22(23)36-16-18-6-2-4-8-20(18)29(32)33)15-24-25(30)28(26(31)37-24)12-13-35-21-9-5-3-7-19(21)27/h2-11,14-15H,12-13,16H2,1H3/b24-15-. The number of benzene rings is 3. The van der Waals surface area contributed by atoms with Gasteiger partial charge in [0.2, 0.25) is 0 Å². The Morgan fingerprint density at radius 3 is 2.51 bits per heavy atom. The van der Waals surface area contributed by atoms with Crippen molar-refractivity contribution < 1.29 is 28.7 Å². The molecule has 0 spiro atoms. The van der Waals surface area contributed by atoms with Gasteiger partial charge in [-0.05, 0) is 53.7 Å². The number of para-hydroxylation sites is 2. The minimum atomic E-state index is -0.463. The van der Waals surface area contributed by atoms with E-state index in [2.05, 4.69) is 0 Å². The van der Waals surface area contributed by atoms with Gasteiger partial charge < -0.3 is 14.2 Å². The van der Waals surface area contributed by atoms with Crippen LogP contribution in [0.5, 0.6) is 17.2 Å². The molecule has 0 bridgehead atoms. The zero-order valence-electron chi connectivity index (χ0n) is 19.6. The number of imide groups is 1. The van der Waals surface area contributed by atoms with Crippen molar-refractivity contribution in [3.05, 3.63) is 97.9 Å². The summed E-state index contributed by atoms with van der Waals surface area (Å²) in [6.45, 7) is 0.158. The number of halogens is 1. The number of carbonyl (C=O) groups is 2. The molecule has 0 radical (unpaired) electrons. The third-order valence-corrected chi connectivity index (χ3v) is 6.56. The molecule has 2 amide bonds. The molecule has 3 aromatic carbocycles.